The van der Waals surface area contributed by atoms with E-state index in [1.54, 1.807) is 60.1 Å². The van der Waals surface area contributed by atoms with Crippen molar-refractivity contribution in [3.63, 3.8) is 0 Å². The van der Waals surface area contributed by atoms with Crippen LogP contribution >= 0.6 is 22.9 Å². The first kappa shape index (κ1) is 19.2. The smallest absolute Gasteiger partial charge is 0.301 e. The zero-order chi connectivity index (χ0) is 20.5. The van der Waals surface area contributed by atoms with Crippen molar-refractivity contribution in [1.82, 2.24) is 4.98 Å². The second-order valence-electron chi connectivity index (χ2n) is 6.26. The number of anilines is 1. The number of ether oxygens (including phenoxy) is 1. The molecule has 1 amide bonds. The summed E-state index contributed by atoms with van der Waals surface area (Å²) < 4.78 is 5.13. The van der Waals surface area contributed by atoms with E-state index in [4.69, 9.17) is 16.3 Å². The number of hydrogen-bond acceptors (Lipinski definition) is 6. The zero-order valence-electron chi connectivity index (χ0n) is 15.2. The number of methoxy groups -OCH3 is 1. The van der Waals surface area contributed by atoms with Crippen molar-refractivity contribution in [2.24, 2.45) is 0 Å². The van der Waals surface area contributed by atoms with Crippen molar-refractivity contribution in [2.45, 2.75) is 6.04 Å². The SMILES string of the molecule is COc1ccc(C(O)=C2C(=O)C(=O)N(c3nccs3)[C@@H]2c2ccc(Cl)cc2)cc1. The number of aliphatic hydroxyl groups is 1. The van der Waals surface area contributed by atoms with Crippen molar-refractivity contribution < 1.29 is 19.4 Å². The van der Waals surface area contributed by atoms with Crippen LogP contribution in [0.15, 0.2) is 65.7 Å². The molecule has 1 fully saturated rings. The molecule has 29 heavy (non-hydrogen) atoms. The highest BCUT2D eigenvalue weighted by Gasteiger charge is 2.47. The highest BCUT2D eigenvalue weighted by molar-refractivity contribution is 7.14. The highest BCUT2D eigenvalue weighted by Crippen LogP contribution is 2.42. The van der Waals surface area contributed by atoms with E-state index in [1.807, 2.05) is 0 Å². The van der Waals surface area contributed by atoms with Crippen molar-refractivity contribution in [1.29, 1.82) is 0 Å². The van der Waals surface area contributed by atoms with Crippen molar-refractivity contribution >= 4 is 45.5 Å². The van der Waals surface area contributed by atoms with Crippen molar-refractivity contribution in [2.75, 3.05) is 12.0 Å². The van der Waals surface area contributed by atoms with Gasteiger partial charge in [-0.15, -0.1) is 11.3 Å². The number of carbonyl (C=O) groups is 2. The van der Waals surface area contributed by atoms with Crippen LogP contribution in [0.5, 0.6) is 5.75 Å². The number of Topliss-reactive ketones (excluding diaryl/α,β-unsaturated/α-hetero) is 1. The predicted molar refractivity (Wildman–Crippen MR) is 111 cm³/mol. The van der Waals surface area contributed by atoms with Crippen LogP contribution in [0.4, 0.5) is 5.13 Å². The van der Waals surface area contributed by atoms with E-state index in [-0.39, 0.29) is 11.3 Å². The van der Waals surface area contributed by atoms with E-state index >= 15 is 0 Å². The van der Waals surface area contributed by atoms with Gasteiger partial charge < -0.3 is 9.84 Å². The van der Waals surface area contributed by atoms with Gasteiger partial charge in [-0.05, 0) is 42.0 Å². The number of halogens is 1. The Bertz CT molecular complexity index is 1090. The minimum atomic E-state index is -0.819. The van der Waals surface area contributed by atoms with E-state index < -0.39 is 17.7 Å². The summed E-state index contributed by atoms with van der Waals surface area (Å²) in [5.41, 5.74) is 1.04. The molecule has 0 unspecified atom stereocenters. The molecule has 4 rings (SSSR count). The molecule has 146 valence electrons. The molecule has 0 spiro atoms. The molecule has 2 aromatic carbocycles. The Hall–Kier alpha value is -3.16. The Morgan fingerprint density at radius 3 is 2.41 bits per heavy atom. The number of nitrogens with zero attached hydrogens (tertiary/aromatic N) is 2. The van der Waals surface area contributed by atoms with Crippen LogP contribution < -0.4 is 9.64 Å². The summed E-state index contributed by atoms with van der Waals surface area (Å²) in [6, 6.07) is 12.6. The molecular formula is C21H15ClN2O4S. The monoisotopic (exact) mass is 426 g/mol. The largest absolute Gasteiger partial charge is 0.507 e. The molecule has 0 saturated carbocycles. The first-order valence-corrected chi connectivity index (χ1v) is 9.87. The Morgan fingerprint density at radius 1 is 1.14 bits per heavy atom. The fourth-order valence-electron chi connectivity index (χ4n) is 3.23. The van der Waals surface area contributed by atoms with Crippen LogP contribution in [-0.4, -0.2) is 28.9 Å². The minimum absolute atomic E-state index is 0.00214. The van der Waals surface area contributed by atoms with E-state index in [0.717, 1.165) is 0 Å². The molecule has 0 aliphatic carbocycles. The number of rotatable bonds is 4. The molecule has 3 aromatic rings. The first-order valence-electron chi connectivity index (χ1n) is 8.61. The van der Waals surface area contributed by atoms with Gasteiger partial charge >= 0.3 is 5.91 Å². The van der Waals surface area contributed by atoms with Crippen LogP contribution in [0.25, 0.3) is 5.76 Å². The van der Waals surface area contributed by atoms with Crippen molar-refractivity contribution in [3.05, 3.63) is 81.8 Å². The fourth-order valence-corrected chi connectivity index (χ4v) is 4.02. The van der Waals surface area contributed by atoms with Gasteiger partial charge in [-0.3, -0.25) is 14.5 Å². The topological polar surface area (TPSA) is 79.7 Å². The number of thiazole rings is 1. The van der Waals surface area contributed by atoms with Gasteiger partial charge in [0.15, 0.2) is 5.13 Å². The molecule has 1 atom stereocenters. The maximum Gasteiger partial charge on any atom is 0.301 e. The lowest BCUT2D eigenvalue weighted by Gasteiger charge is -2.23. The summed E-state index contributed by atoms with van der Waals surface area (Å²) >= 11 is 7.24. The van der Waals surface area contributed by atoms with Gasteiger partial charge in [-0.1, -0.05) is 23.7 Å². The number of aromatic nitrogens is 1. The molecule has 1 aromatic heterocycles. The van der Waals surface area contributed by atoms with E-state index in [9.17, 15) is 14.7 Å². The standard InChI is InChI=1S/C21H15ClN2O4S/c1-28-15-8-4-13(5-9-15)18(25)16-17(12-2-6-14(22)7-3-12)24(20(27)19(16)26)21-23-10-11-29-21/h2-11,17,25H,1H3/t17-/m1/s1. The highest BCUT2D eigenvalue weighted by atomic mass is 35.5. The Morgan fingerprint density at radius 2 is 1.83 bits per heavy atom. The fraction of sp³-hybridized carbons (Fsp3) is 0.0952. The lowest BCUT2D eigenvalue weighted by Crippen LogP contribution is -2.29. The van der Waals surface area contributed by atoms with E-state index in [2.05, 4.69) is 4.98 Å². The van der Waals surface area contributed by atoms with Crippen LogP contribution in [0.3, 0.4) is 0 Å². The average molecular weight is 427 g/mol. The summed E-state index contributed by atoms with van der Waals surface area (Å²) in [5, 5.41) is 13.6. The lowest BCUT2D eigenvalue weighted by atomic mass is 9.95. The van der Waals surface area contributed by atoms with Gasteiger partial charge in [0.1, 0.15) is 11.5 Å². The van der Waals surface area contributed by atoms with Gasteiger partial charge in [0.2, 0.25) is 0 Å². The number of amides is 1. The van der Waals surface area contributed by atoms with Crippen molar-refractivity contribution in [3.8, 4) is 5.75 Å². The number of aliphatic hydroxyl groups excluding tert-OH is 1. The summed E-state index contributed by atoms with van der Waals surface area (Å²) in [6.45, 7) is 0. The lowest BCUT2D eigenvalue weighted by molar-refractivity contribution is -0.132. The molecule has 8 heteroatoms. The van der Waals surface area contributed by atoms with E-state index in [1.165, 1.54) is 23.3 Å². The number of hydrogen-bond donors (Lipinski definition) is 1. The summed E-state index contributed by atoms with van der Waals surface area (Å²) in [5.74, 6) is -1.16. The Kier molecular flexibility index (Phi) is 5.08. The van der Waals surface area contributed by atoms with Gasteiger partial charge in [0.25, 0.3) is 5.78 Å². The number of carbonyl (C=O) groups excluding carboxylic acids is 2. The summed E-state index contributed by atoms with van der Waals surface area (Å²) in [6.07, 6.45) is 1.56. The zero-order valence-corrected chi connectivity index (χ0v) is 16.8. The van der Waals surface area contributed by atoms with Crippen LogP contribution in [-0.2, 0) is 9.59 Å². The van der Waals surface area contributed by atoms with E-state index in [0.29, 0.717) is 27.0 Å². The molecule has 1 saturated heterocycles. The second kappa shape index (κ2) is 7.69. The first-order chi connectivity index (χ1) is 14.0. The molecule has 2 heterocycles. The summed E-state index contributed by atoms with van der Waals surface area (Å²) in [4.78, 5) is 31.3. The predicted octanol–water partition coefficient (Wildman–Crippen LogP) is 4.43. The molecule has 0 bridgehead atoms. The molecule has 1 aliphatic rings. The molecule has 1 aliphatic heterocycles. The van der Waals surface area contributed by atoms with Crippen LogP contribution in [0, 0.1) is 0 Å². The molecule has 1 N–H and O–H groups in total. The van der Waals surface area contributed by atoms with Gasteiger partial charge in [-0.2, -0.15) is 0 Å². The number of benzene rings is 2. The minimum Gasteiger partial charge on any atom is -0.507 e. The van der Waals surface area contributed by atoms with Crippen LogP contribution in [0.2, 0.25) is 5.02 Å². The van der Waals surface area contributed by atoms with Gasteiger partial charge in [-0.25, -0.2) is 4.98 Å². The Labute approximate surface area is 175 Å². The average Bonchev–Trinajstić information content (AvgIpc) is 3.35. The maximum atomic E-state index is 12.9. The van der Waals surface area contributed by atoms with Gasteiger partial charge in [0, 0.05) is 22.2 Å². The molecule has 0 radical (unpaired) electrons. The quantitative estimate of drug-likeness (QED) is 0.379. The second-order valence-corrected chi connectivity index (χ2v) is 7.57. The Balaban J connectivity index is 1.90. The van der Waals surface area contributed by atoms with Crippen LogP contribution in [0.1, 0.15) is 17.2 Å². The third-order valence-corrected chi connectivity index (χ3v) is 5.64. The third kappa shape index (κ3) is 3.39. The molecular weight excluding hydrogens is 412 g/mol. The maximum absolute atomic E-state index is 12.9. The van der Waals surface area contributed by atoms with Gasteiger partial charge in [0.05, 0.1) is 18.7 Å². The normalized spacial score (nSPS) is 18.3. The number of ketones is 1. The third-order valence-electron chi connectivity index (χ3n) is 4.62. The molecule has 6 nitrogen and oxygen atoms in total. The summed E-state index contributed by atoms with van der Waals surface area (Å²) in [7, 11) is 1.54.